The summed E-state index contributed by atoms with van der Waals surface area (Å²) in [6.45, 7) is 0. The van der Waals surface area contributed by atoms with Crippen molar-refractivity contribution in [2.45, 2.75) is 0 Å². The van der Waals surface area contributed by atoms with Crippen molar-refractivity contribution < 1.29 is 4.42 Å². The highest BCUT2D eigenvalue weighted by molar-refractivity contribution is 7.17. The molecule has 3 aromatic rings. The summed E-state index contributed by atoms with van der Waals surface area (Å²) in [6.07, 6.45) is 2.94. The molecule has 0 bridgehead atoms. The van der Waals surface area contributed by atoms with Gasteiger partial charge in [-0.1, -0.05) is 0 Å². The Morgan fingerprint density at radius 3 is 3.20 bits per heavy atom. The van der Waals surface area contributed by atoms with E-state index in [0.717, 1.165) is 0 Å². The number of fused-ring (bicyclic) bond motifs is 1. The van der Waals surface area contributed by atoms with Gasteiger partial charge in [-0.2, -0.15) is 0 Å². The number of aromatic nitrogens is 3. The molecule has 0 atom stereocenters. The Hall–Kier alpha value is -1.95. The van der Waals surface area contributed by atoms with Gasteiger partial charge in [0.2, 0.25) is 0 Å². The molecule has 0 aliphatic heterocycles. The van der Waals surface area contributed by atoms with Gasteiger partial charge in [-0.05, 0) is 11.4 Å². The average molecular weight is 219 g/mol. The summed E-state index contributed by atoms with van der Waals surface area (Å²) in [5.41, 5.74) is 0.500. The summed E-state index contributed by atoms with van der Waals surface area (Å²) in [4.78, 5) is 22.4. The van der Waals surface area contributed by atoms with Crippen LogP contribution in [-0.2, 0) is 0 Å². The first-order chi connectivity index (χ1) is 7.34. The zero-order valence-corrected chi connectivity index (χ0v) is 8.25. The van der Waals surface area contributed by atoms with Gasteiger partial charge in [-0.25, -0.2) is 9.97 Å². The molecule has 3 heterocycles. The van der Waals surface area contributed by atoms with Gasteiger partial charge in [0.15, 0.2) is 5.82 Å². The number of hydrogen-bond acceptors (Lipinski definition) is 5. The Bertz CT molecular complexity index is 653. The van der Waals surface area contributed by atoms with E-state index >= 15 is 0 Å². The van der Waals surface area contributed by atoms with Crippen LogP contribution in [0.1, 0.15) is 0 Å². The highest BCUT2D eigenvalue weighted by Crippen LogP contribution is 2.17. The number of hydrogen-bond donors (Lipinski definition) is 1. The first kappa shape index (κ1) is 8.37. The highest BCUT2D eigenvalue weighted by atomic mass is 32.1. The van der Waals surface area contributed by atoms with Gasteiger partial charge in [-0.3, -0.25) is 4.79 Å². The van der Waals surface area contributed by atoms with Gasteiger partial charge >= 0.3 is 0 Å². The maximum Gasteiger partial charge on any atom is 0.269 e. The van der Waals surface area contributed by atoms with Crippen molar-refractivity contribution in [3.63, 3.8) is 0 Å². The smallest absolute Gasteiger partial charge is 0.269 e. The molecule has 0 fully saturated rings. The predicted octanol–water partition coefficient (Wildman–Crippen LogP) is 1.64. The van der Waals surface area contributed by atoms with Crippen LogP contribution in [0.15, 0.2) is 33.1 Å². The normalized spacial score (nSPS) is 10.9. The molecule has 5 nitrogen and oxygen atoms in total. The van der Waals surface area contributed by atoms with Crippen molar-refractivity contribution in [3.05, 3.63) is 34.3 Å². The number of rotatable bonds is 1. The first-order valence-corrected chi connectivity index (χ1v) is 5.10. The van der Waals surface area contributed by atoms with E-state index in [1.165, 1.54) is 23.8 Å². The van der Waals surface area contributed by atoms with Gasteiger partial charge < -0.3 is 9.40 Å². The van der Waals surface area contributed by atoms with E-state index in [9.17, 15) is 4.79 Å². The van der Waals surface area contributed by atoms with Crippen molar-refractivity contribution in [2.75, 3.05) is 0 Å². The molecule has 0 aromatic carbocycles. The number of aromatic amines is 1. The Balaban J connectivity index is 2.34. The number of nitrogens with zero attached hydrogens (tertiary/aromatic N) is 2. The quantitative estimate of drug-likeness (QED) is 0.675. The molecule has 3 aromatic heterocycles. The molecule has 0 aliphatic carbocycles. The lowest BCUT2D eigenvalue weighted by molar-refractivity contribution is 0.569. The Labute approximate surface area is 87.4 Å². The second kappa shape index (κ2) is 3.03. The molecule has 6 heteroatoms. The molecular weight excluding hydrogens is 214 g/mol. The summed E-state index contributed by atoms with van der Waals surface area (Å²) >= 11 is 1.36. The molecule has 0 saturated heterocycles. The Morgan fingerprint density at radius 2 is 2.40 bits per heavy atom. The summed E-state index contributed by atoms with van der Waals surface area (Å²) in [7, 11) is 0. The van der Waals surface area contributed by atoms with Crippen LogP contribution in [-0.4, -0.2) is 15.0 Å². The van der Waals surface area contributed by atoms with E-state index in [-0.39, 0.29) is 5.56 Å². The third-order valence-corrected chi connectivity index (χ3v) is 2.85. The summed E-state index contributed by atoms with van der Waals surface area (Å²) in [6, 6.07) is 1.79. The van der Waals surface area contributed by atoms with Gasteiger partial charge in [0.05, 0.1) is 11.7 Å². The second-order valence-electron chi connectivity index (χ2n) is 2.89. The minimum Gasteiger partial charge on any atom is -0.442 e. The van der Waals surface area contributed by atoms with Crippen LogP contribution in [0.3, 0.4) is 0 Å². The fourth-order valence-corrected chi connectivity index (χ4v) is 2.04. The van der Waals surface area contributed by atoms with E-state index in [4.69, 9.17) is 4.42 Å². The molecule has 0 amide bonds. The molecule has 74 valence electrons. The van der Waals surface area contributed by atoms with E-state index in [2.05, 4.69) is 15.0 Å². The van der Waals surface area contributed by atoms with Gasteiger partial charge in [0.25, 0.3) is 11.4 Å². The summed E-state index contributed by atoms with van der Waals surface area (Å²) < 4.78 is 5.68. The van der Waals surface area contributed by atoms with Crippen LogP contribution in [0.4, 0.5) is 0 Å². The zero-order valence-electron chi connectivity index (χ0n) is 7.43. The van der Waals surface area contributed by atoms with Crippen LogP contribution >= 0.6 is 11.3 Å². The van der Waals surface area contributed by atoms with E-state index in [1.807, 2.05) is 5.38 Å². The lowest BCUT2D eigenvalue weighted by Crippen LogP contribution is -2.07. The minimum absolute atomic E-state index is 0.164. The number of oxazole rings is 1. The van der Waals surface area contributed by atoms with Crippen molar-refractivity contribution in [1.82, 2.24) is 15.0 Å². The first-order valence-electron chi connectivity index (χ1n) is 4.22. The lowest BCUT2D eigenvalue weighted by atomic mass is 10.4. The molecule has 0 spiro atoms. The highest BCUT2D eigenvalue weighted by Gasteiger charge is 2.09. The predicted molar refractivity (Wildman–Crippen MR) is 55.7 cm³/mol. The molecule has 0 radical (unpaired) electrons. The molecule has 1 N–H and O–H groups in total. The molecule has 0 saturated carbocycles. The standard InChI is InChI=1S/C9H5N3O2S/c13-8-6-5(1-4-15-6)11-7(12-8)9-10-2-3-14-9/h1-4H,(H,11,12,13). The molecule has 3 rings (SSSR count). The van der Waals surface area contributed by atoms with Crippen molar-refractivity contribution in [2.24, 2.45) is 0 Å². The van der Waals surface area contributed by atoms with Gasteiger partial charge in [0.1, 0.15) is 11.0 Å². The van der Waals surface area contributed by atoms with Crippen molar-refractivity contribution >= 4 is 21.6 Å². The number of thiophene rings is 1. The Kier molecular flexibility index (Phi) is 1.69. The monoisotopic (exact) mass is 219 g/mol. The van der Waals surface area contributed by atoms with E-state index in [0.29, 0.717) is 21.9 Å². The zero-order chi connectivity index (χ0) is 10.3. The lowest BCUT2D eigenvalue weighted by Gasteiger charge is -1.94. The van der Waals surface area contributed by atoms with Gasteiger partial charge in [-0.15, -0.1) is 11.3 Å². The number of H-pyrrole nitrogens is 1. The fraction of sp³-hybridized carbons (Fsp3) is 0. The largest absolute Gasteiger partial charge is 0.442 e. The molecule has 15 heavy (non-hydrogen) atoms. The average Bonchev–Trinajstić information content (AvgIpc) is 2.88. The van der Waals surface area contributed by atoms with Crippen LogP contribution in [0.2, 0.25) is 0 Å². The topological polar surface area (TPSA) is 71.8 Å². The minimum atomic E-state index is -0.164. The van der Waals surface area contributed by atoms with E-state index in [1.54, 1.807) is 6.07 Å². The van der Waals surface area contributed by atoms with Crippen LogP contribution in [0.5, 0.6) is 0 Å². The van der Waals surface area contributed by atoms with Crippen LogP contribution < -0.4 is 5.56 Å². The molecule has 0 unspecified atom stereocenters. The van der Waals surface area contributed by atoms with E-state index < -0.39 is 0 Å². The number of nitrogens with one attached hydrogen (secondary N) is 1. The van der Waals surface area contributed by atoms with Crippen LogP contribution in [0.25, 0.3) is 21.9 Å². The third kappa shape index (κ3) is 1.26. The fourth-order valence-electron chi connectivity index (χ4n) is 1.31. The summed E-state index contributed by atoms with van der Waals surface area (Å²) in [5.74, 6) is 0.677. The SMILES string of the molecule is O=c1[nH]c(-c2ncco2)nc2ccsc12. The maximum absolute atomic E-state index is 11.6. The van der Waals surface area contributed by atoms with Crippen molar-refractivity contribution in [1.29, 1.82) is 0 Å². The Morgan fingerprint density at radius 1 is 1.47 bits per heavy atom. The molecular formula is C9H5N3O2S. The van der Waals surface area contributed by atoms with Crippen LogP contribution in [0, 0.1) is 0 Å². The maximum atomic E-state index is 11.6. The second-order valence-corrected chi connectivity index (χ2v) is 3.80. The van der Waals surface area contributed by atoms with Crippen molar-refractivity contribution in [3.8, 4) is 11.7 Å². The van der Waals surface area contributed by atoms with Gasteiger partial charge in [0, 0.05) is 0 Å². The molecule has 0 aliphatic rings. The third-order valence-electron chi connectivity index (χ3n) is 1.95. The summed E-state index contributed by atoms with van der Waals surface area (Å²) in [5, 5.41) is 1.83.